The van der Waals surface area contributed by atoms with Crippen LogP contribution in [-0.2, 0) is 4.79 Å². The molecular formula is C28H56O4. The van der Waals surface area contributed by atoms with Crippen LogP contribution in [0.15, 0.2) is 0 Å². The third-order valence-corrected chi connectivity index (χ3v) is 6.65. The monoisotopic (exact) mass is 456 g/mol. The molecule has 0 aromatic rings. The minimum atomic E-state index is -0.704. The van der Waals surface area contributed by atoms with Gasteiger partial charge in [-0.2, -0.15) is 0 Å². The summed E-state index contributed by atoms with van der Waals surface area (Å²) in [6, 6.07) is 0. The van der Waals surface area contributed by atoms with Gasteiger partial charge in [-0.3, -0.25) is 4.79 Å². The van der Waals surface area contributed by atoms with Crippen molar-refractivity contribution in [3.63, 3.8) is 0 Å². The van der Waals surface area contributed by atoms with Gasteiger partial charge in [0.25, 0.3) is 0 Å². The molecule has 0 aliphatic carbocycles. The Labute approximate surface area is 199 Å². The van der Waals surface area contributed by atoms with Crippen LogP contribution in [0.4, 0.5) is 0 Å². The van der Waals surface area contributed by atoms with E-state index in [4.69, 9.17) is 5.11 Å². The Morgan fingerprint density at radius 1 is 0.500 bits per heavy atom. The van der Waals surface area contributed by atoms with Gasteiger partial charge < -0.3 is 15.3 Å². The van der Waals surface area contributed by atoms with Crippen LogP contribution < -0.4 is 0 Å². The zero-order valence-corrected chi connectivity index (χ0v) is 21.4. The van der Waals surface area contributed by atoms with Crippen LogP contribution in [0.5, 0.6) is 0 Å². The number of aliphatic carboxylic acids is 1. The number of carboxylic acids is 1. The summed E-state index contributed by atoms with van der Waals surface area (Å²) in [5.74, 6) is -0.704. The molecule has 0 radical (unpaired) electrons. The highest BCUT2D eigenvalue weighted by Gasteiger charge is 2.09. The van der Waals surface area contributed by atoms with E-state index in [2.05, 4.69) is 6.92 Å². The molecule has 0 aromatic heterocycles. The fourth-order valence-electron chi connectivity index (χ4n) is 4.43. The first-order valence-electron chi connectivity index (χ1n) is 14.1. The van der Waals surface area contributed by atoms with E-state index < -0.39 is 5.97 Å². The maximum atomic E-state index is 10.4. The molecule has 192 valence electrons. The van der Waals surface area contributed by atoms with Gasteiger partial charge in [0, 0.05) is 6.42 Å². The van der Waals surface area contributed by atoms with Crippen LogP contribution in [-0.4, -0.2) is 33.5 Å². The smallest absolute Gasteiger partial charge is 0.303 e. The van der Waals surface area contributed by atoms with Crippen molar-refractivity contribution in [1.82, 2.24) is 0 Å². The second-order valence-electron chi connectivity index (χ2n) is 9.97. The Morgan fingerprint density at radius 2 is 0.812 bits per heavy atom. The Kier molecular flexibility index (Phi) is 24.5. The van der Waals surface area contributed by atoms with Gasteiger partial charge in [-0.1, -0.05) is 122 Å². The van der Waals surface area contributed by atoms with E-state index in [0.717, 1.165) is 57.8 Å². The van der Waals surface area contributed by atoms with Crippen molar-refractivity contribution >= 4 is 5.97 Å². The normalized spacial score (nSPS) is 13.3. The lowest BCUT2D eigenvalue weighted by molar-refractivity contribution is -0.137. The zero-order chi connectivity index (χ0) is 23.7. The molecule has 4 nitrogen and oxygen atoms in total. The highest BCUT2D eigenvalue weighted by atomic mass is 16.4. The SMILES string of the molecule is CCCCCCCCCCCCCCCC(O)CCC(O)CCCCCCCCC(=O)O. The first-order valence-corrected chi connectivity index (χ1v) is 14.1. The van der Waals surface area contributed by atoms with E-state index in [0.29, 0.717) is 12.8 Å². The maximum Gasteiger partial charge on any atom is 0.303 e. The molecule has 0 saturated carbocycles. The molecule has 0 fully saturated rings. The molecule has 0 aliphatic rings. The number of hydrogen-bond acceptors (Lipinski definition) is 3. The van der Waals surface area contributed by atoms with Crippen molar-refractivity contribution in [1.29, 1.82) is 0 Å². The molecule has 0 aromatic carbocycles. The fourth-order valence-corrected chi connectivity index (χ4v) is 4.43. The zero-order valence-electron chi connectivity index (χ0n) is 21.4. The number of aliphatic hydroxyl groups excluding tert-OH is 2. The molecule has 2 atom stereocenters. The Balaban J connectivity index is 3.29. The van der Waals surface area contributed by atoms with E-state index in [9.17, 15) is 15.0 Å². The molecule has 0 aliphatic heterocycles. The van der Waals surface area contributed by atoms with Gasteiger partial charge in [0.05, 0.1) is 12.2 Å². The average molecular weight is 457 g/mol. The van der Waals surface area contributed by atoms with Crippen molar-refractivity contribution in [2.75, 3.05) is 0 Å². The van der Waals surface area contributed by atoms with E-state index in [1.54, 1.807) is 0 Å². The minimum Gasteiger partial charge on any atom is -0.481 e. The number of aliphatic hydroxyl groups is 2. The molecule has 32 heavy (non-hydrogen) atoms. The second kappa shape index (κ2) is 25.0. The number of carbonyl (C=O) groups is 1. The van der Waals surface area contributed by atoms with Gasteiger partial charge in [0.2, 0.25) is 0 Å². The lowest BCUT2D eigenvalue weighted by Gasteiger charge is -2.14. The summed E-state index contributed by atoms with van der Waals surface area (Å²) in [6.45, 7) is 2.27. The molecular weight excluding hydrogens is 400 g/mol. The van der Waals surface area contributed by atoms with Crippen LogP contribution in [0.3, 0.4) is 0 Å². The van der Waals surface area contributed by atoms with E-state index >= 15 is 0 Å². The number of hydrogen-bond donors (Lipinski definition) is 3. The fraction of sp³-hybridized carbons (Fsp3) is 0.964. The second-order valence-corrected chi connectivity index (χ2v) is 9.97. The summed E-state index contributed by atoms with van der Waals surface area (Å²) in [7, 11) is 0. The summed E-state index contributed by atoms with van der Waals surface area (Å²) in [4.78, 5) is 10.4. The highest BCUT2D eigenvalue weighted by Crippen LogP contribution is 2.16. The molecule has 0 bridgehead atoms. The number of unbranched alkanes of at least 4 members (excludes halogenated alkanes) is 17. The third kappa shape index (κ3) is 25.6. The Morgan fingerprint density at radius 3 is 1.16 bits per heavy atom. The Hall–Kier alpha value is -0.610. The van der Waals surface area contributed by atoms with Crippen molar-refractivity contribution in [3.05, 3.63) is 0 Å². The van der Waals surface area contributed by atoms with Crippen LogP contribution in [0, 0.1) is 0 Å². The van der Waals surface area contributed by atoms with Crippen LogP contribution in [0.2, 0.25) is 0 Å². The minimum absolute atomic E-state index is 0.258. The molecule has 2 unspecified atom stereocenters. The summed E-state index contributed by atoms with van der Waals surface area (Å²) in [5.41, 5.74) is 0. The van der Waals surface area contributed by atoms with Crippen molar-refractivity contribution < 1.29 is 20.1 Å². The van der Waals surface area contributed by atoms with Crippen molar-refractivity contribution in [2.24, 2.45) is 0 Å². The van der Waals surface area contributed by atoms with E-state index in [1.165, 1.54) is 77.0 Å². The summed E-state index contributed by atoms with van der Waals surface area (Å²) in [6.07, 6.45) is 26.5. The number of carboxylic acid groups (broad SMARTS) is 1. The molecule has 4 heteroatoms. The molecule has 3 N–H and O–H groups in total. The maximum absolute atomic E-state index is 10.4. The largest absolute Gasteiger partial charge is 0.481 e. The van der Waals surface area contributed by atoms with Crippen molar-refractivity contribution in [3.8, 4) is 0 Å². The molecule has 0 saturated heterocycles. The highest BCUT2D eigenvalue weighted by molar-refractivity contribution is 5.66. The average Bonchev–Trinajstić information content (AvgIpc) is 2.77. The van der Waals surface area contributed by atoms with Gasteiger partial charge in [0.1, 0.15) is 0 Å². The van der Waals surface area contributed by atoms with Gasteiger partial charge in [0.15, 0.2) is 0 Å². The lowest BCUT2D eigenvalue weighted by Crippen LogP contribution is -2.13. The van der Waals surface area contributed by atoms with E-state index in [1.807, 2.05) is 0 Å². The van der Waals surface area contributed by atoms with Gasteiger partial charge in [-0.05, 0) is 32.1 Å². The van der Waals surface area contributed by atoms with Crippen LogP contribution in [0.25, 0.3) is 0 Å². The molecule has 0 spiro atoms. The predicted molar refractivity (Wildman–Crippen MR) is 136 cm³/mol. The quantitative estimate of drug-likeness (QED) is 0.115. The first-order chi connectivity index (χ1) is 15.6. The lowest BCUT2D eigenvalue weighted by atomic mass is 10.00. The predicted octanol–water partition coefficient (Wildman–Crippen LogP) is 8.18. The first kappa shape index (κ1) is 31.4. The summed E-state index contributed by atoms with van der Waals surface area (Å²) in [5, 5.41) is 28.9. The third-order valence-electron chi connectivity index (χ3n) is 6.65. The van der Waals surface area contributed by atoms with Crippen LogP contribution in [0.1, 0.15) is 161 Å². The molecule has 0 rings (SSSR count). The van der Waals surface area contributed by atoms with Crippen LogP contribution >= 0.6 is 0 Å². The van der Waals surface area contributed by atoms with Gasteiger partial charge in [-0.25, -0.2) is 0 Å². The van der Waals surface area contributed by atoms with Crippen molar-refractivity contribution in [2.45, 2.75) is 173 Å². The molecule has 0 heterocycles. The topological polar surface area (TPSA) is 77.8 Å². The standard InChI is InChI=1S/C28H56O4/c1-2-3-4-5-6-7-8-9-10-11-12-15-18-21-26(29)24-25-27(30)22-19-16-13-14-17-20-23-28(31)32/h26-27,29-30H,2-25H2,1H3,(H,31,32). The van der Waals surface area contributed by atoms with Gasteiger partial charge >= 0.3 is 5.97 Å². The van der Waals surface area contributed by atoms with Gasteiger partial charge in [-0.15, -0.1) is 0 Å². The van der Waals surface area contributed by atoms with E-state index in [-0.39, 0.29) is 18.6 Å². The summed E-state index contributed by atoms with van der Waals surface area (Å²) >= 11 is 0. The Bertz CT molecular complexity index is 386. The number of rotatable bonds is 26. The molecule has 0 amide bonds. The summed E-state index contributed by atoms with van der Waals surface area (Å²) < 4.78 is 0.